The summed E-state index contributed by atoms with van der Waals surface area (Å²) in [4.78, 5) is 11.9. The predicted molar refractivity (Wildman–Crippen MR) is 70.4 cm³/mol. The van der Waals surface area contributed by atoms with Crippen LogP contribution in [0.25, 0.3) is 0 Å². The maximum atomic E-state index is 13.5. The Labute approximate surface area is 112 Å². The van der Waals surface area contributed by atoms with Crippen LogP contribution in [0.15, 0.2) is 18.2 Å². The summed E-state index contributed by atoms with van der Waals surface area (Å²) in [5, 5.41) is 2.63. The van der Waals surface area contributed by atoms with Gasteiger partial charge in [-0.3, -0.25) is 4.79 Å². The third-order valence-electron chi connectivity index (χ3n) is 3.08. The molecule has 0 saturated carbocycles. The van der Waals surface area contributed by atoms with Crippen molar-refractivity contribution in [1.29, 1.82) is 0 Å². The van der Waals surface area contributed by atoms with Crippen LogP contribution in [0.2, 0.25) is 0 Å². The van der Waals surface area contributed by atoms with Gasteiger partial charge in [0.05, 0.1) is 6.04 Å². The lowest BCUT2D eigenvalue weighted by atomic mass is 10.0. The molecule has 0 saturated heterocycles. The molecular weight excluding hydrogens is 250 g/mol. The van der Waals surface area contributed by atoms with Gasteiger partial charge in [-0.15, -0.1) is 0 Å². The molecule has 1 rings (SSSR count). The first kappa shape index (κ1) is 15.6. The van der Waals surface area contributed by atoms with Crippen LogP contribution >= 0.6 is 0 Å². The Kier molecular flexibility index (Phi) is 5.89. The number of halogens is 2. The molecule has 0 aromatic heterocycles. The first-order chi connectivity index (χ1) is 8.97. The fourth-order valence-electron chi connectivity index (χ4n) is 1.91. The van der Waals surface area contributed by atoms with Crippen LogP contribution in [0.1, 0.15) is 38.3 Å². The number of hydrogen-bond donors (Lipinski definition) is 2. The van der Waals surface area contributed by atoms with Gasteiger partial charge in [0, 0.05) is 11.5 Å². The molecule has 3 N–H and O–H groups in total. The third-order valence-corrected chi connectivity index (χ3v) is 3.08. The quantitative estimate of drug-likeness (QED) is 0.834. The highest BCUT2D eigenvalue weighted by Gasteiger charge is 2.20. The molecule has 3 nitrogen and oxygen atoms in total. The smallest absolute Gasteiger partial charge is 0.223 e. The number of nitrogens with two attached hydrogens (primary N) is 1. The van der Waals surface area contributed by atoms with Crippen LogP contribution in [-0.2, 0) is 4.79 Å². The molecule has 0 bridgehead atoms. The SMILES string of the molecule is CC(CCCN)C(=O)NC(C)c1c(F)cccc1F. The number of hydrogen-bond acceptors (Lipinski definition) is 2. The van der Waals surface area contributed by atoms with Crippen molar-refractivity contribution in [3.8, 4) is 0 Å². The van der Waals surface area contributed by atoms with Crippen molar-refractivity contribution in [2.24, 2.45) is 11.7 Å². The molecule has 5 heteroatoms. The highest BCUT2D eigenvalue weighted by molar-refractivity contribution is 5.78. The second-order valence-electron chi connectivity index (χ2n) is 4.70. The zero-order valence-corrected chi connectivity index (χ0v) is 11.2. The van der Waals surface area contributed by atoms with Crippen molar-refractivity contribution in [1.82, 2.24) is 5.32 Å². The fourth-order valence-corrected chi connectivity index (χ4v) is 1.91. The van der Waals surface area contributed by atoms with Crippen LogP contribution in [0.4, 0.5) is 8.78 Å². The molecule has 0 heterocycles. The zero-order chi connectivity index (χ0) is 14.4. The van der Waals surface area contributed by atoms with E-state index in [1.165, 1.54) is 18.2 Å². The summed E-state index contributed by atoms with van der Waals surface area (Å²) in [6.07, 6.45) is 1.41. The summed E-state index contributed by atoms with van der Waals surface area (Å²) < 4.78 is 27.1. The Morgan fingerprint density at radius 2 is 1.89 bits per heavy atom. The average molecular weight is 270 g/mol. The predicted octanol–water partition coefficient (Wildman–Crippen LogP) is 2.52. The van der Waals surface area contributed by atoms with Gasteiger partial charge in [-0.1, -0.05) is 13.0 Å². The van der Waals surface area contributed by atoms with Crippen LogP contribution in [0.3, 0.4) is 0 Å². The summed E-state index contributed by atoms with van der Waals surface area (Å²) in [6.45, 7) is 3.86. The maximum Gasteiger partial charge on any atom is 0.223 e. The van der Waals surface area contributed by atoms with E-state index in [0.29, 0.717) is 13.0 Å². The minimum Gasteiger partial charge on any atom is -0.349 e. The Bertz CT molecular complexity index is 417. The summed E-state index contributed by atoms with van der Waals surface area (Å²) >= 11 is 0. The van der Waals surface area contributed by atoms with Crippen LogP contribution in [0, 0.1) is 17.6 Å². The molecule has 2 atom stereocenters. The van der Waals surface area contributed by atoms with E-state index in [1.807, 2.05) is 0 Å². The summed E-state index contributed by atoms with van der Waals surface area (Å²) in [5.74, 6) is -1.74. The Morgan fingerprint density at radius 1 is 1.32 bits per heavy atom. The third kappa shape index (κ3) is 4.28. The normalized spacial score (nSPS) is 13.9. The first-order valence-electron chi connectivity index (χ1n) is 6.41. The van der Waals surface area contributed by atoms with Crippen molar-refractivity contribution in [2.75, 3.05) is 6.54 Å². The van der Waals surface area contributed by atoms with Crippen molar-refractivity contribution in [3.05, 3.63) is 35.4 Å². The van der Waals surface area contributed by atoms with Gasteiger partial charge in [0.15, 0.2) is 0 Å². The summed E-state index contributed by atoms with van der Waals surface area (Å²) in [7, 11) is 0. The molecular formula is C14H20F2N2O. The van der Waals surface area contributed by atoms with Crippen molar-refractivity contribution >= 4 is 5.91 Å². The van der Waals surface area contributed by atoms with Gasteiger partial charge in [-0.05, 0) is 38.4 Å². The van der Waals surface area contributed by atoms with Gasteiger partial charge in [-0.25, -0.2) is 8.78 Å². The molecule has 0 radical (unpaired) electrons. The zero-order valence-electron chi connectivity index (χ0n) is 11.2. The highest BCUT2D eigenvalue weighted by Crippen LogP contribution is 2.20. The summed E-state index contributed by atoms with van der Waals surface area (Å²) in [6, 6.07) is 2.96. The van der Waals surface area contributed by atoms with Crippen LogP contribution < -0.4 is 11.1 Å². The molecule has 1 amide bonds. The van der Waals surface area contributed by atoms with E-state index in [0.717, 1.165) is 6.42 Å². The Hall–Kier alpha value is -1.49. The lowest BCUT2D eigenvalue weighted by Gasteiger charge is -2.18. The van der Waals surface area contributed by atoms with Gasteiger partial charge in [0.25, 0.3) is 0 Å². The van der Waals surface area contributed by atoms with Crippen molar-refractivity contribution in [2.45, 2.75) is 32.7 Å². The molecule has 1 aromatic carbocycles. The van der Waals surface area contributed by atoms with Gasteiger partial charge in [-0.2, -0.15) is 0 Å². The van der Waals surface area contributed by atoms with E-state index < -0.39 is 17.7 Å². The average Bonchev–Trinajstić information content (AvgIpc) is 2.35. The molecule has 1 aromatic rings. The monoisotopic (exact) mass is 270 g/mol. The lowest BCUT2D eigenvalue weighted by Crippen LogP contribution is -2.32. The fraction of sp³-hybridized carbons (Fsp3) is 0.500. The molecule has 0 fully saturated rings. The number of carbonyl (C=O) groups excluding carboxylic acids is 1. The summed E-state index contributed by atoms with van der Waals surface area (Å²) in [5.41, 5.74) is 5.27. The van der Waals surface area contributed by atoms with Gasteiger partial charge in [0.1, 0.15) is 11.6 Å². The molecule has 0 aliphatic carbocycles. The van der Waals surface area contributed by atoms with Gasteiger partial charge >= 0.3 is 0 Å². The molecule has 0 aliphatic rings. The minimum atomic E-state index is -0.700. The van der Waals surface area contributed by atoms with E-state index in [1.54, 1.807) is 13.8 Å². The highest BCUT2D eigenvalue weighted by atomic mass is 19.1. The first-order valence-corrected chi connectivity index (χ1v) is 6.41. The van der Waals surface area contributed by atoms with E-state index in [4.69, 9.17) is 5.73 Å². The lowest BCUT2D eigenvalue weighted by molar-refractivity contribution is -0.125. The van der Waals surface area contributed by atoms with Gasteiger partial charge < -0.3 is 11.1 Å². The standard InChI is InChI=1S/C14H20F2N2O/c1-9(5-4-8-17)14(19)18-10(2)13-11(15)6-3-7-12(13)16/h3,6-7,9-10H,4-5,8,17H2,1-2H3,(H,18,19). The molecule has 0 aliphatic heterocycles. The number of benzene rings is 1. The van der Waals surface area contributed by atoms with Crippen molar-refractivity contribution < 1.29 is 13.6 Å². The molecule has 0 spiro atoms. The molecule has 2 unspecified atom stereocenters. The number of carbonyl (C=O) groups is 1. The second kappa shape index (κ2) is 7.19. The number of amides is 1. The number of nitrogens with one attached hydrogen (secondary N) is 1. The van der Waals surface area contributed by atoms with Crippen LogP contribution in [0.5, 0.6) is 0 Å². The van der Waals surface area contributed by atoms with Gasteiger partial charge in [0.2, 0.25) is 5.91 Å². The van der Waals surface area contributed by atoms with E-state index in [9.17, 15) is 13.6 Å². The second-order valence-corrected chi connectivity index (χ2v) is 4.70. The van der Waals surface area contributed by atoms with E-state index in [2.05, 4.69) is 5.32 Å². The Balaban J connectivity index is 2.69. The topological polar surface area (TPSA) is 55.1 Å². The molecule has 106 valence electrons. The van der Waals surface area contributed by atoms with Crippen molar-refractivity contribution in [3.63, 3.8) is 0 Å². The molecule has 19 heavy (non-hydrogen) atoms. The van der Waals surface area contributed by atoms with E-state index >= 15 is 0 Å². The number of rotatable bonds is 6. The maximum absolute atomic E-state index is 13.5. The minimum absolute atomic E-state index is 0.109. The van der Waals surface area contributed by atoms with E-state index in [-0.39, 0.29) is 17.4 Å². The Morgan fingerprint density at radius 3 is 2.42 bits per heavy atom. The largest absolute Gasteiger partial charge is 0.349 e. The van der Waals surface area contributed by atoms with Crippen LogP contribution in [-0.4, -0.2) is 12.5 Å².